The fraction of sp³-hybridized carbons (Fsp3) is 0.625. The van der Waals surface area contributed by atoms with E-state index in [1.165, 1.54) is 5.56 Å². The number of piperidine rings is 1. The summed E-state index contributed by atoms with van der Waals surface area (Å²) in [5.41, 5.74) is 0.575. The molecule has 1 amide bonds. The van der Waals surface area contributed by atoms with Gasteiger partial charge in [-0.1, -0.05) is 70.2 Å². The van der Waals surface area contributed by atoms with Crippen LogP contribution < -0.4 is 0 Å². The first-order valence-electron chi connectivity index (χ1n) is 11.0. The molecule has 1 spiro atoms. The summed E-state index contributed by atoms with van der Waals surface area (Å²) in [7, 11) is -2.05. The standard InChI is InChI=1S/C24H35NO3Si/c1-7-20-21(28-29(5,6)23(2,3)4)24-14-13-18(27-24)15-19(24)22(26)25(20)16-17-11-9-8-10-12-17/h8-14,18-21H,7,15-16H2,1-6H3/t18-,19+,20-,21-,24+/m0/s1. The van der Waals surface area contributed by atoms with E-state index in [0.29, 0.717) is 6.54 Å². The molecule has 0 aliphatic carbocycles. The Morgan fingerprint density at radius 1 is 1.24 bits per heavy atom. The van der Waals surface area contributed by atoms with Crippen LogP contribution in [0.1, 0.15) is 46.1 Å². The summed E-state index contributed by atoms with van der Waals surface area (Å²) in [4.78, 5) is 15.7. The van der Waals surface area contributed by atoms with E-state index in [0.717, 1.165) is 12.8 Å². The maximum absolute atomic E-state index is 13.6. The second-order valence-corrected chi connectivity index (χ2v) is 15.1. The number of hydrogen-bond acceptors (Lipinski definition) is 3. The van der Waals surface area contributed by atoms with Crippen LogP contribution in [0.3, 0.4) is 0 Å². The van der Waals surface area contributed by atoms with Gasteiger partial charge in [-0.15, -0.1) is 0 Å². The van der Waals surface area contributed by atoms with E-state index in [-0.39, 0.29) is 35.1 Å². The highest BCUT2D eigenvalue weighted by atomic mass is 28.4. The summed E-state index contributed by atoms with van der Waals surface area (Å²) >= 11 is 0. The maximum Gasteiger partial charge on any atom is 0.229 e. The lowest BCUT2D eigenvalue weighted by atomic mass is 9.72. The van der Waals surface area contributed by atoms with Crippen molar-refractivity contribution < 1.29 is 14.0 Å². The summed E-state index contributed by atoms with van der Waals surface area (Å²) in [6.07, 6.45) is 5.85. The number of likely N-dealkylation sites (tertiary alicyclic amines) is 1. The van der Waals surface area contributed by atoms with Gasteiger partial charge in [-0.2, -0.15) is 0 Å². The van der Waals surface area contributed by atoms with E-state index >= 15 is 0 Å². The lowest BCUT2D eigenvalue weighted by molar-refractivity contribution is -0.173. The summed E-state index contributed by atoms with van der Waals surface area (Å²) in [6.45, 7) is 14.2. The Hall–Kier alpha value is -1.43. The van der Waals surface area contributed by atoms with E-state index in [9.17, 15) is 4.79 Å². The third-order valence-electron chi connectivity index (χ3n) is 7.56. The van der Waals surface area contributed by atoms with Gasteiger partial charge in [0.05, 0.1) is 24.2 Å². The minimum absolute atomic E-state index is 0.00887. The predicted octanol–water partition coefficient (Wildman–Crippen LogP) is 4.91. The molecule has 5 heteroatoms. The van der Waals surface area contributed by atoms with Crippen LogP contribution in [0.25, 0.3) is 0 Å². The molecule has 3 heterocycles. The summed E-state index contributed by atoms with van der Waals surface area (Å²) in [6, 6.07) is 10.3. The van der Waals surface area contributed by atoms with Gasteiger partial charge in [-0.25, -0.2) is 0 Å². The van der Waals surface area contributed by atoms with Crippen molar-refractivity contribution in [3.8, 4) is 0 Å². The molecule has 0 radical (unpaired) electrons. The number of benzene rings is 1. The maximum atomic E-state index is 13.6. The van der Waals surface area contributed by atoms with Crippen molar-refractivity contribution >= 4 is 14.2 Å². The van der Waals surface area contributed by atoms with Gasteiger partial charge < -0.3 is 14.1 Å². The van der Waals surface area contributed by atoms with Crippen molar-refractivity contribution in [2.24, 2.45) is 5.92 Å². The van der Waals surface area contributed by atoms with Crippen LogP contribution >= 0.6 is 0 Å². The number of nitrogens with zero attached hydrogens (tertiary/aromatic N) is 1. The van der Waals surface area contributed by atoms with Gasteiger partial charge >= 0.3 is 0 Å². The predicted molar refractivity (Wildman–Crippen MR) is 118 cm³/mol. The van der Waals surface area contributed by atoms with Crippen molar-refractivity contribution in [1.82, 2.24) is 4.90 Å². The fourth-order valence-corrected chi connectivity index (χ4v) is 6.23. The highest BCUT2D eigenvalue weighted by Gasteiger charge is 2.65. The fourth-order valence-electron chi connectivity index (χ4n) is 4.90. The van der Waals surface area contributed by atoms with Crippen LogP contribution in [-0.2, 0) is 20.5 Å². The summed E-state index contributed by atoms with van der Waals surface area (Å²) in [5.74, 6) is 0.0846. The summed E-state index contributed by atoms with van der Waals surface area (Å²) < 4.78 is 13.5. The van der Waals surface area contributed by atoms with E-state index in [4.69, 9.17) is 9.16 Å². The lowest BCUT2D eigenvalue weighted by Crippen LogP contribution is -2.68. The molecule has 3 aliphatic rings. The Balaban J connectivity index is 1.73. The van der Waals surface area contributed by atoms with E-state index in [1.807, 2.05) is 18.2 Å². The zero-order valence-electron chi connectivity index (χ0n) is 18.6. The topological polar surface area (TPSA) is 38.8 Å². The highest BCUT2D eigenvalue weighted by molar-refractivity contribution is 6.74. The largest absolute Gasteiger partial charge is 0.409 e. The number of ether oxygens (including phenoxy) is 1. The molecule has 158 valence electrons. The third-order valence-corrected chi connectivity index (χ3v) is 12.0. The Bertz CT molecular complexity index is 800. The molecule has 0 aromatic heterocycles. The van der Waals surface area contributed by atoms with Crippen molar-refractivity contribution in [3.63, 3.8) is 0 Å². The van der Waals surface area contributed by atoms with Gasteiger partial charge in [0.2, 0.25) is 5.91 Å². The summed E-state index contributed by atoms with van der Waals surface area (Å²) in [5, 5.41) is 0.101. The number of hydrogen-bond donors (Lipinski definition) is 0. The molecule has 5 atom stereocenters. The van der Waals surface area contributed by atoms with Crippen molar-refractivity contribution in [1.29, 1.82) is 0 Å². The molecule has 1 aromatic rings. The average molecular weight is 414 g/mol. The molecule has 4 rings (SSSR count). The first kappa shape index (κ1) is 20.8. The molecular formula is C24H35NO3Si. The lowest BCUT2D eigenvalue weighted by Gasteiger charge is -2.54. The molecule has 4 nitrogen and oxygen atoms in total. The monoisotopic (exact) mass is 413 g/mol. The highest BCUT2D eigenvalue weighted by Crippen LogP contribution is 2.53. The van der Waals surface area contributed by atoms with Crippen LogP contribution in [0.5, 0.6) is 0 Å². The molecule has 2 saturated heterocycles. The van der Waals surface area contributed by atoms with Crippen molar-refractivity contribution in [2.45, 2.75) is 89.1 Å². The number of amides is 1. The molecule has 0 N–H and O–H groups in total. The van der Waals surface area contributed by atoms with Gasteiger partial charge in [0.1, 0.15) is 5.60 Å². The van der Waals surface area contributed by atoms with Crippen molar-refractivity contribution in [3.05, 3.63) is 48.0 Å². The molecule has 2 fully saturated rings. The first-order valence-corrected chi connectivity index (χ1v) is 13.9. The van der Waals surface area contributed by atoms with E-state index in [1.54, 1.807) is 0 Å². The molecule has 0 unspecified atom stereocenters. The van der Waals surface area contributed by atoms with Crippen molar-refractivity contribution in [2.75, 3.05) is 0 Å². The first-order chi connectivity index (χ1) is 13.6. The quantitative estimate of drug-likeness (QED) is 0.508. The number of carbonyl (C=O) groups excluding carboxylic acids is 1. The third kappa shape index (κ3) is 3.31. The minimum atomic E-state index is -2.05. The van der Waals surface area contributed by atoms with Gasteiger partial charge in [0.15, 0.2) is 8.32 Å². The Morgan fingerprint density at radius 3 is 2.52 bits per heavy atom. The number of rotatable bonds is 5. The second-order valence-electron chi connectivity index (χ2n) is 10.4. The van der Waals surface area contributed by atoms with Gasteiger partial charge in [-0.3, -0.25) is 4.79 Å². The molecule has 0 saturated carbocycles. The van der Waals surface area contributed by atoms with Gasteiger partial charge in [-0.05, 0) is 36.5 Å². The Kier molecular flexibility index (Phi) is 5.08. The molecule has 1 aromatic carbocycles. The van der Waals surface area contributed by atoms with Crippen LogP contribution in [0.2, 0.25) is 18.1 Å². The normalized spacial score (nSPS) is 34.0. The molecular weight excluding hydrogens is 378 g/mol. The Labute approximate surface area is 176 Å². The second kappa shape index (κ2) is 7.07. The Morgan fingerprint density at radius 2 is 1.93 bits per heavy atom. The van der Waals surface area contributed by atoms with E-state index in [2.05, 4.69) is 70.0 Å². The minimum Gasteiger partial charge on any atom is -0.409 e. The SMILES string of the molecule is CC[C@H]1[C@H](O[Si](C)(C)C(C)(C)C)[C@@]23C=C[C@@H](C[C@@H]2C(=O)N1Cc1ccccc1)O3. The zero-order valence-corrected chi connectivity index (χ0v) is 19.6. The number of fused-ring (bicyclic) bond motifs is 1. The molecule has 2 bridgehead atoms. The smallest absolute Gasteiger partial charge is 0.229 e. The zero-order chi connectivity index (χ0) is 21.0. The van der Waals surface area contributed by atoms with Crippen LogP contribution in [-0.4, -0.2) is 43.0 Å². The molecule has 3 aliphatic heterocycles. The average Bonchev–Trinajstić information content (AvgIpc) is 3.25. The van der Waals surface area contributed by atoms with Crippen LogP contribution in [0.15, 0.2) is 42.5 Å². The number of carbonyl (C=O) groups is 1. The van der Waals surface area contributed by atoms with Crippen LogP contribution in [0.4, 0.5) is 0 Å². The molecule has 29 heavy (non-hydrogen) atoms. The van der Waals surface area contributed by atoms with Crippen LogP contribution in [0, 0.1) is 5.92 Å². The van der Waals surface area contributed by atoms with E-state index < -0.39 is 13.9 Å². The van der Waals surface area contributed by atoms with Gasteiger partial charge in [0.25, 0.3) is 0 Å². The van der Waals surface area contributed by atoms with Gasteiger partial charge in [0, 0.05) is 6.54 Å².